The summed E-state index contributed by atoms with van der Waals surface area (Å²) < 4.78 is 0. The Labute approximate surface area is 196 Å². The number of rotatable bonds is 5. The summed E-state index contributed by atoms with van der Waals surface area (Å²) in [6.07, 6.45) is 25.6. The number of hydrogen-bond donors (Lipinski definition) is 0. The van der Waals surface area contributed by atoms with Gasteiger partial charge in [0, 0.05) is 13.1 Å². The first-order valence-electron chi connectivity index (χ1n) is 14.8. The van der Waals surface area contributed by atoms with Crippen LogP contribution in [0.5, 0.6) is 0 Å². The summed E-state index contributed by atoms with van der Waals surface area (Å²) in [6.45, 7) is 3.73. The van der Waals surface area contributed by atoms with E-state index >= 15 is 0 Å². The van der Waals surface area contributed by atoms with Crippen LogP contribution in [-0.2, 0) is 0 Å². The summed E-state index contributed by atoms with van der Waals surface area (Å²) in [5.41, 5.74) is 0.710. The molecule has 4 bridgehead atoms. The quantitative estimate of drug-likeness (QED) is 0.490. The molecular formula is C29H47N3. The van der Waals surface area contributed by atoms with Crippen LogP contribution in [0.25, 0.3) is 0 Å². The fourth-order valence-corrected chi connectivity index (χ4v) is 10.5. The molecule has 6 aliphatic carbocycles. The molecule has 8 rings (SSSR count). The second-order valence-corrected chi connectivity index (χ2v) is 13.6. The second-order valence-electron chi connectivity index (χ2n) is 13.6. The van der Waals surface area contributed by atoms with Gasteiger partial charge in [-0.15, -0.1) is 0 Å². The molecule has 0 aromatic carbocycles. The van der Waals surface area contributed by atoms with Gasteiger partial charge in [-0.1, -0.05) is 38.5 Å². The Morgan fingerprint density at radius 3 is 1.88 bits per heavy atom. The van der Waals surface area contributed by atoms with Crippen LogP contribution >= 0.6 is 0 Å². The van der Waals surface area contributed by atoms with Crippen LogP contribution in [-0.4, -0.2) is 47.5 Å². The summed E-state index contributed by atoms with van der Waals surface area (Å²) in [5, 5.41) is 0. The zero-order valence-electron chi connectivity index (χ0n) is 20.5. The van der Waals surface area contributed by atoms with E-state index in [-0.39, 0.29) is 0 Å². The van der Waals surface area contributed by atoms with Gasteiger partial charge < -0.3 is 9.80 Å². The van der Waals surface area contributed by atoms with E-state index in [9.17, 15) is 0 Å². The van der Waals surface area contributed by atoms with Crippen molar-refractivity contribution in [2.75, 3.05) is 19.6 Å². The highest BCUT2D eigenvalue weighted by atomic mass is 15.5. The Morgan fingerprint density at radius 1 is 0.719 bits per heavy atom. The molecule has 0 aromatic heterocycles. The summed E-state index contributed by atoms with van der Waals surface area (Å²) >= 11 is 0. The first-order valence-corrected chi connectivity index (χ1v) is 14.8. The van der Waals surface area contributed by atoms with Crippen molar-refractivity contribution in [1.82, 2.24) is 9.80 Å². The van der Waals surface area contributed by atoms with Crippen molar-refractivity contribution in [3.8, 4) is 0 Å². The third-order valence-electron chi connectivity index (χ3n) is 11.6. The zero-order valence-corrected chi connectivity index (χ0v) is 20.5. The fraction of sp³-hybridized carbons (Fsp3) is 0.966. The molecule has 2 atom stereocenters. The lowest BCUT2D eigenvalue weighted by Gasteiger charge is -2.57. The minimum Gasteiger partial charge on any atom is -0.338 e. The normalized spacial score (nSPS) is 44.4. The molecule has 2 aliphatic heterocycles. The first-order chi connectivity index (χ1) is 15.8. The fourth-order valence-electron chi connectivity index (χ4n) is 10.5. The Kier molecular flexibility index (Phi) is 5.28. The number of nitrogens with zero attached hydrogens (tertiary/aromatic N) is 3. The smallest absolute Gasteiger partial charge is 0.197 e. The Morgan fingerprint density at radius 2 is 1.28 bits per heavy atom. The predicted octanol–water partition coefficient (Wildman–Crippen LogP) is 6.48. The van der Waals surface area contributed by atoms with Crippen LogP contribution in [0.15, 0.2) is 4.99 Å². The lowest BCUT2D eigenvalue weighted by molar-refractivity contribution is -0.0601. The van der Waals surface area contributed by atoms with E-state index < -0.39 is 0 Å². The molecule has 0 amide bonds. The molecule has 1 saturated heterocycles. The third kappa shape index (κ3) is 3.54. The van der Waals surface area contributed by atoms with E-state index in [1.54, 1.807) is 38.5 Å². The van der Waals surface area contributed by atoms with E-state index in [2.05, 4.69) is 9.80 Å². The van der Waals surface area contributed by atoms with E-state index in [0.717, 1.165) is 48.2 Å². The topological polar surface area (TPSA) is 18.8 Å². The highest BCUT2D eigenvalue weighted by Gasteiger charge is 2.52. The second kappa shape index (κ2) is 8.19. The van der Waals surface area contributed by atoms with Gasteiger partial charge in [0.1, 0.15) is 0 Å². The van der Waals surface area contributed by atoms with Gasteiger partial charge in [-0.3, -0.25) is 4.99 Å². The van der Waals surface area contributed by atoms with Crippen LogP contribution in [0, 0.1) is 35.0 Å². The molecule has 0 spiro atoms. The minimum absolute atomic E-state index is 0.710. The summed E-state index contributed by atoms with van der Waals surface area (Å²) in [7, 11) is 0. The molecule has 8 aliphatic rings. The molecule has 3 nitrogen and oxygen atoms in total. The standard InChI is InChI=1S/C29H47N3/c1-3-7-24(8-4-1)26-19-30-28-31(27(20-32(26)28)25-9-5-2-6-10-25)12-11-29-16-21-13-22(17-29)15-23(14-21)18-29/h21-27H,1-20H2/t21?,22?,23?,26-,27+,29?/m1/s1. The van der Waals surface area contributed by atoms with Gasteiger partial charge in [0.15, 0.2) is 5.96 Å². The Hall–Kier alpha value is -0.730. The number of aliphatic imine (C=N–C) groups is 1. The molecule has 0 N–H and O–H groups in total. The average Bonchev–Trinajstić information content (AvgIpc) is 3.37. The van der Waals surface area contributed by atoms with Crippen molar-refractivity contribution in [3.63, 3.8) is 0 Å². The molecule has 6 saturated carbocycles. The highest BCUT2D eigenvalue weighted by molar-refractivity contribution is 5.84. The molecule has 0 radical (unpaired) electrons. The monoisotopic (exact) mass is 437 g/mol. The van der Waals surface area contributed by atoms with Crippen LogP contribution in [0.1, 0.15) is 109 Å². The minimum atomic E-state index is 0.710. The molecule has 32 heavy (non-hydrogen) atoms. The molecular weight excluding hydrogens is 390 g/mol. The van der Waals surface area contributed by atoms with Crippen molar-refractivity contribution in [2.24, 2.45) is 40.0 Å². The predicted molar refractivity (Wildman–Crippen MR) is 132 cm³/mol. The maximum Gasteiger partial charge on any atom is 0.197 e. The van der Waals surface area contributed by atoms with Gasteiger partial charge in [0.05, 0.1) is 18.6 Å². The van der Waals surface area contributed by atoms with Crippen molar-refractivity contribution < 1.29 is 0 Å². The number of hydrogen-bond acceptors (Lipinski definition) is 3. The van der Waals surface area contributed by atoms with Crippen LogP contribution in [0.4, 0.5) is 0 Å². The largest absolute Gasteiger partial charge is 0.338 e. The maximum absolute atomic E-state index is 5.31. The van der Waals surface area contributed by atoms with Crippen molar-refractivity contribution >= 4 is 5.96 Å². The van der Waals surface area contributed by atoms with Crippen molar-refractivity contribution in [2.45, 2.75) is 121 Å². The van der Waals surface area contributed by atoms with Gasteiger partial charge in [-0.05, 0) is 106 Å². The van der Waals surface area contributed by atoms with Gasteiger partial charge in [-0.2, -0.15) is 0 Å². The number of guanidine groups is 1. The van der Waals surface area contributed by atoms with Gasteiger partial charge >= 0.3 is 0 Å². The molecule has 3 heteroatoms. The van der Waals surface area contributed by atoms with Crippen molar-refractivity contribution in [1.29, 1.82) is 0 Å². The van der Waals surface area contributed by atoms with Crippen LogP contribution < -0.4 is 0 Å². The zero-order chi connectivity index (χ0) is 21.1. The molecule has 2 heterocycles. The van der Waals surface area contributed by atoms with E-state index in [0.29, 0.717) is 5.41 Å². The first kappa shape index (κ1) is 20.6. The summed E-state index contributed by atoms with van der Waals surface area (Å²) in [4.78, 5) is 11.1. The highest BCUT2D eigenvalue weighted by Crippen LogP contribution is 2.61. The summed E-state index contributed by atoms with van der Waals surface area (Å²) in [6, 6.07) is 1.51. The SMILES string of the molecule is C1CCC([C@H]2CN=C3N2C[C@@H](C2CCCCC2)N3CCC23CC4CC(CC(C4)C2)C3)CC1. The van der Waals surface area contributed by atoms with Crippen molar-refractivity contribution in [3.05, 3.63) is 0 Å². The van der Waals surface area contributed by atoms with Crippen LogP contribution in [0.2, 0.25) is 0 Å². The summed E-state index contributed by atoms with van der Waals surface area (Å²) in [5.74, 6) is 6.57. The Bertz CT molecular complexity index is 681. The van der Waals surface area contributed by atoms with Gasteiger partial charge in [-0.25, -0.2) is 0 Å². The lowest BCUT2D eigenvalue weighted by atomic mass is 9.49. The van der Waals surface area contributed by atoms with E-state index in [1.165, 1.54) is 89.7 Å². The number of fused-ring (bicyclic) bond motifs is 1. The van der Waals surface area contributed by atoms with Gasteiger partial charge in [0.25, 0.3) is 0 Å². The van der Waals surface area contributed by atoms with E-state index in [1.807, 2.05) is 0 Å². The molecule has 0 aromatic rings. The molecule has 0 unspecified atom stereocenters. The van der Waals surface area contributed by atoms with Gasteiger partial charge in [0.2, 0.25) is 0 Å². The third-order valence-corrected chi connectivity index (χ3v) is 11.6. The molecule has 178 valence electrons. The molecule has 7 fully saturated rings. The van der Waals surface area contributed by atoms with Crippen LogP contribution in [0.3, 0.4) is 0 Å². The van der Waals surface area contributed by atoms with E-state index in [4.69, 9.17) is 4.99 Å². The average molecular weight is 438 g/mol. The lowest BCUT2D eigenvalue weighted by Crippen LogP contribution is -2.48. The maximum atomic E-state index is 5.31. The Balaban J connectivity index is 1.10.